The van der Waals surface area contributed by atoms with Crippen molar-refractivity contribution in [3.63, 3.8) is 0 Å². The van der Waals surface area contributed by atoms with Crippen molar-refractivity contribution in [3.05, 3.63) is 70.2 Å². The molecule has 0 unspecified atom stereocenters. The quantitative estimate of drug-likeness (QED) is 0.221. The van der Waals surface area contributed by atoms with Gasteiger partial charge in [0, 0.05) is 50.1 Å². The van der Waals surface area contributed by atoms with Crippen molar-refractivity contribution < 1.29 is 13.9 Å². The van der Waals surface area contributed by atoms with Crippen LogP contribution in [0.15, 0.2) is 47.8 Å². The molecule has 0 amide bonds. The van der Waals surface area contributed by atoms with Gasteiger partial charge in [-0.15, -0.1) is 0 Å². The van der Waals surface area contributed by atoms with Gasteiger partial charge in [-0.1, -0.05) is 0 Å². The van der Waals surface area contributed by atoms with Crippen LogP contribution in [0.2, 0.25) is 0 Å². The summed E-state index contributed by atoms with van der Waals surface area (Å²) in [6.45, 7) is 0.484. The zero-order valence-electron chi connectivity index (χ0n) is 18.2. The second-order valence-electron chi connectivity index (χ2n) is 6.97. The molecule has 11 heteroatoms. The van der Waals surface area contributed by atoms with E-state index in [-0.39, 0.29) is 12.4 Å². The molecule has 0 atom stereocenters. The molecule has 0 spiro atoms. The summed E-state index contributed by atoms with van der Waals surface area (Å²) in [5.41, 5.74) is 0.220. The lowest BCUT2D eigenvalue weighted by atomic mass is 10.1. The molecular weight excluding hydrogens is 429 g/mol. The number of hydrogen-bond acceptors (Lipinski definition) is 8. The molecule has 0 aliphatic carbocycles. The van der Waals surface area contributed by atoms with Gasteiger partial charge in [-0.3, -0.25) is 25.2 Å². The summed E-state index contributed by atoms with van der Waals surface area (Å²) in [5, 5.41) is 27.0. The Hall–Kier alpha value is -4.12. The van der Waals surface area contributed by atoms with Crippen molar-refractivity contribution in [1.82, 2.24) is 19.4 Å². The highest BCUT2D eigenvalue weighted by molar-refractivity contribution is 6.08. The van der Waals surface area contributed by atoms with E-state index in [2.05, 4.69) is 10.3 Å². The monoisotopic (exact) mass is 453 g/mol. The largest absolute Gasteiger partial charge is 0.490 e. The first-order chi connectivity index (χ1) is 15.9. The first-order valence-electron chi connectivity index (χ1n) is 9.93. The minimum atomic E-state index is -0.853. The third-order valence-electron chi connectivity index (χ3n) is 4.77. The van der Waals surface area contributed by atoms with Gasteiger partial charge in [0.1, 0.15) is 18.2 Å². The molecular formula is C22H24FN7O3. The van der Waals surface area contributed by atoms with Crippen LogP contribution in [-0.2, 0) is 11.3 Å². The summed E-state index contributed by atoms with van der Waals surface area (Å²) in [7, 11) is 3.20. The van der Waals surface area contributed by atoms with Gasteiger partial charge in [-0.25, -0.2) is 4.39 Å². The SMILES string of the molecule is CN/C=C(\C=N)c1cc(F)c(=N)n(C(=N)Cn2ccc3ncc(OCCOC)cc3c2=O)c1. The van der Waals surface area contributed by atoms with E-state index in [0.717, 1.165) is 16.8 Å². The van der Waals surface area contributed by atoms with E-state index in [1.165, 1.54) is 29.4 Å². The fourth-order valence-electron chi connectivity index (χ4n) is 3.12. The number of allylic oxidation sites excluding steroid dienone is 1. The van der Waals surface area contributed by atoms with Gasteiger partial charge in [0.2, 0.25) is 0 Å². The predicted octanol–water partition coefficient (Wildman–Crippen LogP) is 1.58. The van der Waals surface area contributed by atoms with Crippen molar-refractivity contribution in [2.24, 2.45) is 0 Å². The Labute approximate surface area is 188 Å². The molecule has 3 aromatic rings. The second-order valence-corrected chi connectivity index (χ2v) is 6.97. The van der Waals surface area contributed by atoms with Crippen molar-refractivity contribution in [1.29, 1.82) is 16.2 Å². The van der Waals surface area contributed by atoms with Gasteiger partial charge in [0.25, 0.3) is 5.56 Å². The van der Waals surface area contributed by atoms with Gasteiger partial charge >= 0.3 is 0 Å². The molecule has 0 aliphatic heterocycles. The lowest BCUT2D eigenvalue weighted by molar-refractivity contribution is 0.146. The minimum Gasteiger partial charge on any atom is -0.490 e. The highest BCUT2D eigenvalue weighted by Crippen LogP contribution is 2.15. The number of halogens is 1. The highest BCUT2D eigenvalue weighted by atomic mass is 19.1. The van der Waals surface area contributed by atoms with Gasteiger partial charge in [0.15, 0.2) is 11.3 Å². The third kappa shape index (κ3) is 5.21. The number of fused-ring (bicyclic) bond motifs is 1. The molecule has 33 heavy (non-hydrogen) atoms. The molecule has 3 aromatic heterocycles. The molecule has 10 nitrogen and oxygen atoms in total. The summed E-state index contributed by atoms with van der Waals surface area (Å²) in [4.78, 5) is 17.2. The van der Waals surface area contributed by atoms with Gasteiger partial charge in [0.05, 0.1) is 30.3 Å². The molecule has 4 N–H and O–H groups in total. The first kappa shape index (κ1) is 23.5. The number of methoxy groups -OCH3 is 1. The van der Waals surface area contributed by atoms with E-state index in [1.54, 1.807) is 26.3 Å². The van der Waals surface area contributed by atoms with Crippen LogP contribution in [0.3, 0.4) is 0 Å². The molecule has 0 saturated carbocycles. The number of aromatic nitrogens is 3. The van der Waals surface area contributed by atoms with Crippen molar-refractivity contribution in [2.75, 3.05) is 27.4 Å². The van der Waals surface area contributed by atoms with Gasteiger partial charge < -0.3 is 24.8 Å². The zero-order chi connectivity index (χ0) is 24.0. The first-order valence-corrected chi connectivity index (χ1v) is 9.93. The molecule has 3 heterocycles. The Bertz CT molecular complexity index is 1340. The van der Waals surface area contributed by atoms with Crippen LogP contribution in [-0.4, -0.2) is 53.5 Å². The average molecular weight is 453 g/mol. The maximum atomic E-state index is 14.4. The molecule has 172 valence electrons. The second kappa shape index (κ2) is 10.5. The summed E-state index contributed by atoms with van der Waals surface area (Å²) in [5.74, 6) is -0.636. The fraction of sp³-hybridized carbons (Fsp3) is 0.227. The molecule has 0 aromatic carbocycles. The van der Waals surface area contributed by atoms with Crippen LogP contribution in [0.1, 0.15) is 5.56 Å². The van der Waals surface area contributed by atoms with E-state index in [9.17, 15) is 9.18 Å². The van der Waals surface area contributed by atoms with E-state index in [1.807, 2.05) is 0 Å². The number of ether oxygens (including phenoxy) is 2. The van der Waals surface area contributed by atoms with E-state index in [0.29, 0.717) is 41.0 Å². The predicted molar refractivity (Wildman–Crippen MR) is 123 cm³/mol. The number of pyridine rings is 3. The Morgan fingerprint density at radius 1 is 1.33 bits per heavy atom. The summed E-state index contributed by atoms with van der Waals surface area (Å²) < 4.78 is 27.2. The smallest absolute Gasteiger partial charge is 0.260 e. The Kier molecular flexibility index (Phi) is 7.46. The normalized spacial score (nSPS) is 11.4. The van der Waals surface area contributed by atoms with E-state index in [4.69, 9.17) is 25.7 Å². The van der Waals surface area contributed by atoms with Crippen LogP contribution in [0, 0.1) is 22.0 Å². The van der Waals surface area contributed by atoms with Crippen molar-refractivity contribution in [2.45, 2.75) is 6.54 Å². The lowest BCUT2D eigenvalue weighted by Gasteiger charge is -2.14. The summed E-state index contributed by atoms with van der Waals surface area (Å²) in [6.07, 6.45) is 6.94. The fourth-order valence-corrected chi connectivity index (χ4v) is 3.12. The topological polar surface area (TPSA) is 142 Å². The van der Waals surface area contributed by atoms with Gasteiger partial charge in [-0.05, 0) is 18.2 Å². The molecule has 0 bridgehead atoms. The summed E-state index contributed by atoms with van der Waals surface area (Å²) in [6, 6.07) is 4.33. The van der Waals surface area contributed by atoms with Crippen LogP contribution < -0.4 is 21.1 Å². The van der Waals surface area contributed by atoms with Crippen LogP contribution >= 0.6 is 0 Å². The maximum Gasteiger partial charge on any atom is 0.260 e. The Balaban J connectivity index is 1.96. The molecule has 0 aliphatic rings. The molecule has 0 fully saturated rings. The van der Waals surface area contributed by atoms with Crippen LogP contribution in [0.5, 0.6) is 5.75 Å². The van der Waals surface area contributed by atoms with Crippen molar-refractivity contribution in [3.8, 4) is 5.75 Å². The molecule has 0 radical (unpaired) electrons. The Morgan fingerprint density at radius 3 is 2.82 bits per heavy atom. The van der Waals surface area contributed by atoms with Crippen LogP contribution in [0.25, 0.3) is 16.5 Å². The molecule has 0 saturated heterocycles. The zero-order valence-corrected chi connectivity index (χ0v) is 18.2. The van der Waals surface area contributed by atoms with E-state index >= 15 is 0 Å². The third-order valence-corrected chi connectivity index (χ3v) is 4.77. The Morgan fingerprint density at radius 2 is 2.12 bits per heavy atom. The number of hydrogen-bond donors (Lipinski definition) is 4. The van der Waals surface area contributed by atoms with Crippen molar-refractivity contribution >= 4 is 28.5 Å². The maximum absolute atomic E-state index is 14.4. The number of rotatable bonds is 9. The van der Waals surface area contributed by atoms with E-state index < -0.39 is 16.9 Å². The number of nitrogens with one attached hydrogen (secondary N) is 4. The highest BCUT2D eigenvalue weighted by Gasteiger charge is 2.13. The van der Waals surface area contributed by atoms with Crippen LogP contribution in [0.4, 0.5) is 4.39 Å². The lowest BCUT2D eigenvalue weighted by Crippen LogP contribution is -2.34. The minimum absolute atomic E-state index is 0.198. The van der Waals surface area contributed by atoms with Gasteiger partial charge in [-0.2, -0.15) is 0 Å². The number of nitrogens with zero attached hydrogens (tertiary/aromatic N) is 3. The standard InChI is InChI=1S/C22H24FN7O3/c1-27-10-15(9-24)14-7-18(23)21(26)30(12-14)20(25)13-29-4-3-19-17(22(29)31)8-16(11-28-19)33-6-5-32-2/h3-4,7-12,24-27H,5-6,13H2,1-2H3/b15-10+,24-9?,25-20?,26-21?. The average Bonchev–Trinajstić information content (AvgIpc) is 2.81. The molecule has 3 rings (SSSR count). The summed E-state index contributed by atoms with van der Waals surface area (Å²) >= 11 is 0.